The molecule has 0 spiro atoms. The Morgan fingerprint density at radius 2 is 2.12 bits per heavy atom. The monoisotopic (exact) mass is 233 g/mol. The van der Waals surface area contributed by atoms with Crippen LogP contribution in [0.5, 0.6) is 0 Å². The fourth-order valence-electron chi connectivity index (χ4n) is 1.30. The number of nitrogens with zero attached hydrogens (tertiary/aromatic N) is 2. The maximum Gasteiger partial charge on any atom is 0.415 e. The Morgan fingerprint density at radius 1 is 1.38 bits per heavy atom. The normalized spacial score (nSPS) is 16.0. The number of hydrogen-bond acceptors (Lipinski definition) is 3. The molecule has 0 bridgehead atoms. The predicted octanol–water partition coefficient (Wildman–Crippen LogP) is 1.99. The lowest BCUT2D eigenvalue weighted by Crippen LogP contribution is -2.32. The van der Waals surface area contributed by atoms with Crippen LogP contribution >= 0.6 is 0 Å². The van der Waals surface area contributed by atoms with Crippen molar-refractivity contribution in [3.05, 3.63) is 35.9 Å². The van der Waals surface area contributed by atoms with Crippen LogP contribution in [0, 0.1) is 5.82 Å². The van der Waals surface area contributed by atoms with Crippen molar-refractivity contribution < 1.29 is 17.6 Å². The fourth-order valence-corrected chi connectivity index (χ4v) is 1.30. The molecule has 0 fully saturated rings. The highest BCUT2D eigenvalue weighted by Crippen LogP contribution is 2.29. The Bertz CT molecular complexity index is 427. The molecule has 0 aromatic carbocycles. The lowest BCUT2D eigenvalue weighted by atomic mass is 10.3. The average Bonchev–Trinajstić information content (AvgIpc) is 2.66. The first-order valence-electron chi connectivity index (χ1n) is 4.39. The van der Waals surface area contributed by atoms with Crippen LogP contribution in [-0.4, -0.2) is 17.7 Å². The largest absolute Gasteiger partial charge is 0.415 e. The third-order valence-electron chi connectivity index (χ3n) is 2.08. The summed E-state index contributed by atoms with van der Waals surface area (Å²) in [5.41, 5.74) is 1.55. The molecule has 0 saturated carbocycles. The van der Waals surface area contributed by atoms with E-state index < -0.39 is 24.1 Å². The number of anilines is 1. The van der Waals surface area contributed by atoms with E-state index in [0.29, 0.717) is 0 Å². The van der Waals surface area contributed by atoms with Gasteiger partial charge < -0.3 is 5.43 Å². The van der Waals surface area contributed by atoms with Gasteiger partial charge in [-0.3, -0.25) is 5.01 Å². The molecule has 0 radical (unpaired) electrons. The molecule has 1 aliphatic heterocycles. The van der Waals surface area contributed by atoms with Crippen molar-refractivity contribution >= 4 is 5.82 Å². The van der Waals surface area contributed by atoms with Crippen LogP contribution in [0.15, 0.2) is 30.1 Å². The molecule has 2 heterocycles. The molecule has 0 atom stereocenters. The summed E-state index contributed by atoms with van der Waals surface area (Å²) in [7, 11) is 0. The Hall–Kier alpha value is -1.79. The summed E-state index contributed by atoms with van der Waals surface area (Å²) in [6, 6.07) is 2.50. The van der Waals surface area contributed by atoms with Gasteiger partial charge >= 0.3 is 6.18 Å². The number of rotatable bonds is 1. The smallest absolute Gasteiger partial charge is 0.304 e. The first-order valence-corrected chi connectivity index (χ1v) is 4.39. The lowest BCUT2D eigenvalue weighted by molar-refractivity contribution is -0.0915. The van der Waals surface area contributed by atoms with Crippen LogP contribution in [0.1, 0.15) is 0 Å². The summed E-state index contributed by atoms with van der Waals surface area (Å²) < 4.78 is 50.1. The van der Waals surface area contributed by atoms with Gasteiger partial charge in [0.1, 0.15) is 0 Å². The minimum atomic E-state index is -4.41. The van der Waals surface area contributed by atoms with Gasteiger partial charge in [0.15, 0.2) is 11.6 Å². The van der Waals surface area contributed by atoms with Crippen LogP contribution in [0.4, 0.5) is 23.4 Å². The van der Waals surface area contributed by atoms with Crippen molar-refractivity contribution in [3.8, 4) is 0 Å². The minimum absolute atomic E-state index is 0.155. The average molecular weight is 233 g/mol. The molecule has 1 aliphatic rings. The van der Waals surface area contributed by atoms with Crippen LogP contribution in [0.25, 0.3) is 0 Å². The quantitative estimate of drug-likeness (QED) is 0.752. The topological polar surface area (TPSA) is 28.2 Å². The molecule has 0 aliphatic carbocycles. The number of aromatic nitrogens is 1. The number of hydrogen-bond donors (Lipinski definition) is 1. The van der Waals surface area contributed by atoms with Crippen molar-refractivity contribution in [3.63, 3.8) is 0 Å². The molecule has 3 nitrogen and oxygen atoms in total. The molecule has 0 saturated heterocycles. The van der Waals surface area contributed by atoms with E-state index >= 15 is 0 Å². The first-order chi connectivity index (χ1) is 7.48. The van der Waals surface area contributed by atoms with Gasteiger partial charge in [0.25, 0.3) is 0 Å². The second-order valence-corrected chi connectivity index (χ2v) is 3.19. The number of nitrogens with one attached hydrogen (secondary N) is 1. The molecular weight excluding hydrogens is 226 g/mol. The van der Waals surface area contributed by atoms with Gasteiger partial charge in [-0.2, -0.15) is 13.2 Å². The summed E-state index contributed by atoms with van der Waals surface area (Å²) in [6.45, 7) is -0.461. The number of hydrazine groups is 1. The Balaban J connectivity index is 2.16. The van der Waals surface area contributed by atoms with Crippen LogP contribution < -0.4 is 10.4 Å². The molecule has 0 unspecified atom stereocenters. The second-order valence-electron chi connectivity index (χ2n) is 3.19. The van der Waals surface area contributed by atoms with Crippen molar-refractivity contribution in [2.24, 2.45) is 0 Å². The summed E-state index contributed by atoms with van der Waals surface area (Å²) in [5.74, 6) is -0.829. The highest BCUT2D eigenvalue weighted by atomic mass is 19.4. The Morgan fingerprint density at radius 3 is 2.69 bits per heavy atom. The maximum atomic E-state index is 13.2. The molecule has 1 aromatic rings. The number of halogens is 4. The molecule has 1 N–H and O–H groups in total. The third kappa shape index (κ3) is 1.93. The highest BCUT2D eigenvalue weighted by molar-refractivity contribution is 5.43. The van der Waals surface area contributed by atoms with Gasteiger partial charge in [-0.05, 0) is 12.1 Å². The van der Waals surface area contributed by atoms with Crippen LogP contribution in [0.3, 0.4) is 0 Å². The van der Waals surface area contributed by atoms with E-state index in [2.05, 4.69) is 10.4 Å². The molecule has 16 heavy (non-hydrogen) atoms. The number of pyridine rings is 1. The van der Waals surface area contributed by atoms with E-state index in [9.17, 15) is 17.6 Å². The van der Waals surface area contributed by atoms with Gasteiger partial charge in [0.05, 0.1) is 12.1 Å². The summed E-state index contributed by atoms with van der Waals surface area (Å²) in [4.78, 5) is 3.66. The summed E-state index contributed by atoms with van der Waals surface area (Å²) >= 11 is 0. The molecular formula is C9H7F4N3. The standard InChI is InChI=1S/C9H7F4N3/c10-7-2-1-3-14-8(7)16-5-6(4-15-16)9(11,12)13/h1-4,15H,5H2. The van der Waals surface area contributed by atoms with Crippen LogP contribution in [0.2, 0.25) is 0 Å². The summed E-state index contributed by atoms with van der Waals surface area (Å²) in [5, 5.41) is 0.998. The van der Waals surface area contributed by atoms with E-state index in [1.165, 1.54) is 12.3 Å². The Kier molecular flexibility index (Phi) is 2.45. The zero-order chi connectivity index (χ0) is 11.8. The molecule has 0 amide bonds. The van der Waals surface area contributed by atoms with Crippen molar-refractivity contribution in [1.29, 1.82) is 0 Å². The van der Waals surface area contributed by atoms with Crippen molar-refractivity contribution in [2.75, 3.05) is 11.6 Å². The number of alkyl halides is 3. The highest BCUT2D eigenvalue weighted by Gasteiger charge is 2.38. The first kappa shape index (κ1) is 10.7. The van der Waals surface area contributed by atoms with Gasteiger partial charge in [0.2, 0.25) is 0 Å². The van der Waals surface area contributed by atoms with Gasteiger partial charge in [-0.25, -0.2) is 9.37 Å². The zero-order valence-corrected chi connectivity index (χ0v) is 7.92. The van der Waals surface area contributed by atoms with E-state index in [-0.39, 0.29) is 5.82 Å². The Labute approximate surface area is 88.4 Å². The van der Waals surface area contributed by atoms with E-state index in [1.54, 1.807) is 0 Å². The summed E-state index contributed by atoms with van der Waals surface area (Å²) in [6.07, 6.45) is -2.30. The SMILES string of the molecule is Fc1cccnc1N1CC(C(F)(F)F)=CN1. The van der Waals surface area contributed by atoms with E-state index in [4.69, 9.17) is 0 Å². The molecule has 86 valence electrons. The van der Waals surface area contributed by atoms with Crippen LogP contribution in [-0.2, 0) is 0 Å². The van der Waals surface area contributed by atoms with Crippen molar-refractivity contribution in [2.45, 2.75) is 6.18 Å². The van der Waals surface area contributed by atoms with E-state index in [1.807, 2.05) is 0 Å². The third-order valence-corrected chi connectivity index (χ3v) is 2.08. The second kappa shape index (κ2) is 3.66. The van der Waals surface area contributed by atoms with Crippen molar-refractivity contribution in [1.82, 2.24) is 10.4 Å². The fraction of sp³-hybridized carbons (Fsp3) is 0.222. The molecule has 7 heteroatoms. The zero-order valence-electron chi connectivity index (χ0n) is 7.92. The van der Waals surface area contributed by atoms with E-state index in [0.717, 1.165) is 17.3 Å². The minimum Gasteiger partial charge on any atom is -0.304 e. The van der Waals surface area contributed by atoms with Gasteiger partial charge in [0, 0.05) is 12.4 Å². The maximum absolute atomic E-state index is 13.2. The molecule has 1 aromatic heterocycles. The lowest BCUT2D eigenvalue weighted by Gasteiger charge is -2.18. The van der Waals surface area contributed by atoms with Gasteiger partial charge in [-0.15, -0.1) is 0 Å². The molecule has 2 rings (SSSR count). The predicted molar refractivity (Wildman–Crippen MR) is 48.8 cm³/mol. The van der Waals surface area contributed by atoms with Gasteiger partial charge in [-0.1, -0.05) is 0 Å².